The van der Waals surface area contributed by atoms with Crippen LogP contribution in [-0.2, 0) is 9.53 Å². The Hall–Kier alpha value is -0.610. The first-order valence-electron chi connectivity index (χ1n) is 5.23. The molecule has 0 saturated heterocycles. The summed E-state index contributed by atoms with van der Waals surface area (Å²) in [5.41, 5.74) is 0. The zero-order chi connectivity index (χ0) is 10.6. The molecule has 14 heavy (non-hydrogen) atoms. The molecule has 1 aliphatic carbocycles. The maximum Gasteiger partial charge on any atom is 0.322 e. The van der Waals surface area contributed by atoms with E-state index >= 15 is 0 Å². The van der Waals surface area contributed by atoms with Crippen molar-refractivity contribution in [1.29, 1.82) is 0 Å². The van der Waals surface area contributed by atoms with Gasteiger partial charge in [0.25, 0.3) is 0 Å². The van der Waals surface area contributed by atoms with Crippen LogP contribution in [0, 0.1) is 5.92 Å². The van der Waals surface area contributed by atoms with Gasteiger partial charge in [0.05, 0.1) is 12.7 Å². The smallest absolute Gasteiger partial charge is 0.322 e. The van der Waals surface area contributed by atoms with Crippen molar-refractivity contribution in [3.63, 3.8) is 0 Å². The van der Waals surface area contributed by atoms with Gasteiger partial charge in [0.2, 0.25) is 0 Å². The van der Waals surface area contributed by atoms with E-state index in [1.807, 2.05) is 0 Å². The van der Waals surface area contributed by atoms with Gasteiger partial charge in [-0.3, -0.25) is 4.79 Å². The van der Waals surface area contributed by atoms with E-state index in [0.29, 0.717) is 19.1 Å². The van der Waals surface area contributed by atoms with Gasteiger partial charge >= 0.3 is 5.97 Å². The van der Waals surface area contributed by atoms with E-state index in [1.54, 1.807) is 13.8 Å². The molecule has 4 nitrogen and oxygen atoms in total. The van der Waals surface area contributed by atoms with E-state index in [1.165, 1.54) is 0 Å². The Morgan fingerprint density at radius 2 is 2.29 bits per heavy atom. The standard InChI is InChI=1S/C10H19NO3/c1-3-14-10(13)7(2)11-6-9(12)8-4-5-8/h7-9,11-12H,3-6H2,1-2H3. The van der Waals surface area contributed by atoms with Crippen molar-refractivity contribution in [2.75, 3.05) is 13.2 Å². The van der Waals surface area contributed by atoms with Crippen LogP contribution in [0.1, 0.15) is 26.7 Å². The van der Waals surface area contributed by atoms with Crippen molar-refractivity contribution >= 4 is 5.97 Å². The van der Waals surface area contributed by atoms with Gasteiger partial charge < -0.3 is 15.2 Å². The molecule has 1 fully saturated rings. The van der Waals surface area contributed by atoms with Crippen molar-refractivity contribution in [3.05, 3.63) is 0 Å². The van der Waals surface area contributed by atoms with E-state index in [2.05, 4.69) is 5.32 Å². The van der Waals surface area contributed by atoms with Gasteiger partial charge in [-0.25, -0.2) is 0 Å². The fraction of sp³-hybridized carbons (Fsp3) is 0.900. The van der Waals surface area contributed by atoms with Crippen molar-refractivity contribution in [3.8, 4) is 0 Å². The Morgan fingerprint density at radius 3 is 2.79 bits per heavy atom. The molecular weight excluding hydrogens is 182 g/mol. The summed E-state index contributed by atoms with van der Waals surface area (Å²) in [5, 5.41) is 12.5. The SMILES string of the molecule is CCOC(=O)C(C)NCC(O)C1CC1. The maximum atomic E-state index is 11.2. The lowest BCUT2D eigenvalue weighted by molar-refractivity contribution is -0.145. The Morgan fingerprint density at radius 1 is 1.64 bits per heavy atom. The predicted molar refractivity (Wildman–Crippen MR) is 52.8 cm³/mol. The number of carbonyl (C=O) groups is 1. The summed E-state index contributed by atoms with van der Waals surface area (Å²) in [6.45, 7) is 4.40. The van der Waals surface area contributed by atoms with Crippen molar-refractivity contribution in [1.82, 2.24) is 5.32 Å². The van der Waals surface area contributed by atoms with E-state index in [4.69, 9.17) is 4.74 Å². The predicted octanol–water partition coefficient (Wildman–Crippen LogP) is 0.298. The van der Waals surface area contributed by atoms with Crippen LogP contribution < -0.4 is 5.32 Å². The summed E-state index contributed by atoms with van der Waals surface area (Å²) in [6, 6.07) is -0.330. The summed E-state index contributed by atoms with van der Waals surface area (Å²) in [5.74, 6) is 0.187. The number of rotatable bonds is 6. The van der Waals surface area contributed by atoms with Gasteiger partial charge in [-0.2, -0.15) is 0 Å². The minimum Gasteiger partial charge on any atom is -0.465 e. The van der Waals surface area contributed by atoms with Crippen LogP contribution >= 0.6 is 0 Å². The van der Waals surface area contributed by atoms with E-state index in [-0.39, 0.29) is 18.1 Å². The normalized spacial score (nSPS) is 20.2. The first kappa shape index (κ1) is 11.5. The first-order valence-corrected chi connectivity index (χ1v) is 5.23. The highest BCUT2D eigenvalue weighted by Crippen LogP contribution is 2.32. The summed E-state index contributed by atoms with van der Waals surface area (Å²) in [6.07, 6.45) is 1.90. The van der Waals surface area contributed by atoms with Gasteiger partial charge in [-0.1, -0.05) is 0 Å². The average molecular weight is 201 g/mol. The number of nitrogens with one attached hydrogen (secondary N) is 1. The molecule has 0 aromatic heterocycles. The monoisotopic (exact) mass is 201 g/mol. The minimum absolute atomic E-state index is 0.254. The molecule has 1 aliphatic rings. The quantitative estimate of drug-likeness (QED) is 0.607. The fourth-order valence-corrected chi connectivity index (χ4v) is 1.30. The Balaban J connectivity index is 2.12. The number of aliphatic hydroxyl groups excluding tert-OH is 1. The molecule has 1 rings (SSSR count). The summed E-state index contributed by atoms with van der Waals surface area (Å²) < 4.78 is 4.83. The number of hydrogen-bond acceptors (Lipinski definition) is 4. The molecule has 1 saturated carbocycles. The molecule has 0 aromatic carbocycles. The maximum absolute atomic E-state index is 11.2. The number of hydrogen-bond donors (Lipinski definition) is 2. The highest BCUT2D eigenvalue weighted by molar-refractivity contribution is 5.75. The third-order valence-corrected chi connectivity index (χ3v) is 2.44. The van der Waals surface area contributed by atoms with E-state index in [9.17, 15) is 9.90 Å². The highest BCUT2D eigenvalue weighted by Gasteiger charge is 2.30. The number of aliphatic hydroxyl groups is 1. The topological polar surface area (TPSA) is 58.6 Å². The summed E-state index contributed by atoms with van der Waals surface area (Å²) in [4.78, 5) is 11.2. The zero-order valence-corrected chi connectivity index (χ0v) is 8.82. The molecule has 0 radical (unpaired) electrons. The third-order valence-electron chi connectivity index (χ3n) is 2.44. The molecule has 0 bridgehead atoms. The summed E-state index contributed by atoms with van der Waals surface area (Å²) >= 11 is 0. The molecule has 0 spiro atoms. The molecular formula is C10H19NO3. The molecule has 0 heterocycles. The second-order valence-electron chi connectivity index (χ2n) is 3.79. The van der Waals surface area contributed by atoms with Crippen LogP contribution in [-0.4, -0.2) is 36.4 Å². The number of ether oxygens (including phenoxy) is 1. The minimum atomic E-state index is -0.330. The van der Waals surface area contributed by atoms with Gasteiger partial charge in [0, 0.05) is 6.54 Å². The lowest BCUT2D eigenvalue weighted by atomic mass is 10.2. The Bertz CT molecular complexity index is 192. The van der Waals surface area contributed by atoms with Crippen molar-refractivity contribution < 1.29 is 14.6 Å². The first-order chi connectivity index (χ1) is 6.65. The Labute approximate surface area is 84.6 Å². The van der Waals surface area contributed by atoms with Crippen LogP contribution in [0.4, 0.5) is 0 Å². The van der Waals surface area contributed by atoms with E-state index < -0.39 is 0 Å². The molecule has 0 aromatic rings. The van der Waals surface area contributed by atoms with Crippen molar-refractivity contribution in [2.24, 2.45) is 5.92 Å². The third kappa shape index (κ3) is 3.64. The van der Waals surface area contributed by atoms with Crippen molar-refractivity contribution in [2.45, 2.75) is 38.8 Å². The molecule has 82 valence electrons. The summed E-state index contributed by atoms with van der Waals surface area (Å²) in [7, 11) is 0. The Kier molecular flexibility index (Phi) is 4.35. The largest absolute Gasteiger partial charge is 0.465 e. The number of esters is 1. The molecule has 4 heteroatoms. The lowest BCUT2D eigenvalue weighted by Crippen LogP contribution is -2.40. The molecule has 0 amide bonds. The van der Waals surface area contributed by atoms with Crippen LogP contribution in [0.2, 0.25) is 0 Å². The second-order valence-corrected chi connectivity index (χ2v) is 3.79. The van der Waals surface area contributed by atoms with Gasteiger partial charge in [0.15, 0.2) is 0 Å². The molecule has 0 aliphatic heterocycles. The highest BCUT2D eigenvalue weighted by atomic mass is 16.5. The molecule has 2 unspecified atom stereocenters. The van der Waals surface area contributed by atoms with Gasteiger partial charge in [-0.15, -0.1) is 0 Å². The zero-order valence-electron chi connectivity index (χ0n) is 8.82. The molecule has 2 atom stereocenters. The average Bonchev–Trinajstić information content (AvgIpc) is 2.97. The van der Waals surface area contributed by atoms with Gasteiger partial charge in [0.1, 0.15) is 6.04 Å². The lowest BCUT2D eigenvalue weighted by Gasteiger charge is -2.15. The van der Waals surface area contributed by atoms with Crippen LogP contribution in [0.3, 0.4) is 0 Å². The molecule has 2 N–H and O–H groups in total. The van der Waals surface area contributed by atoms with Crippen LogP contribution in [0.25, 0.3) is 0 Å². The van der Waals surface area contributed by atoms with Gasteiger partial charge in [-0.05, 0) is 32.6 Å². The van der Waals surface area contributed by atoms with Crippen LogP contribution in [0.15, 0.2) is 0 Å². The van der Waals surface area contributed by atoms with E-state index in [0.717, 1.165) is 12.8 Å². The second kappa shape index (κ2) is 5.32. The fourth-order valence-electron chi connectivity index (χ4n) is 1.30. The van der Waals surface area contributed by atoms with Crippen LogP contribution in [0.5, 0.6) is 0 Å². The number of carbonyl (C=O) groups excluding carboxylic acids is 1.